The van der Waals surface area contributed by atoms with Crippen molar-refractivity contribution in [3.05, 3.63) is 311 Å². The maximum Gasteiger partial charge on any atom is 0.416 e. The van der Waals surface area contributed by atoms with Crippen molar-refractivity contribution in [1.82, 2.24) is 59.8 Å². The predicted octanol–water partition coefficient (Wildman–Crippen LogP) is 18.1. The zero-order chi connectivity index (χ0) is 95.4. The Morgan fingerprint density at radius 2 is 0.485 bits per heavy atom. The van der Waals surface area contributed by atoms with E-state index in [9.17, 15) is 57.6 Å². The summed E-state index contributed by atoms with van der Waals surface area (Å²) in [7, 11) is 11.2. The normalized spacial score (nSPS) is 10.7. The molecule has 16 rings (SSSR count). The average Bonchev–Trinajstić information content (AvgIpc) is 0.805. The van der Waals surface area contributed by atoms with Crippen molar-refractivity contribution in [2.24, 2.45) is 5.73 Å². The summed E-state index contributed by atoms with van der Waals surface area (Å²) in [4.78, 5) is 113. The number of nitrogens with zero attached hydrogens (tertiary/aromatic N) is 13. The maximum atomic E-state index is 13.0. The van der Waals surface area contributed by atoms with E-state index in [2.05, 4.69) is 65.9 Å². The van der Waals surface area contributed by atoms with E-state index in [4.69, 9.17) is 60.5 Å². The van der Waals surface area contributed by atoms with Crippen molar-refractivity contribution in [2.45, 2.75) is 6.18 Å². The highest BCUT2D eigenvalue weighted by Crippen LogP contribution is 2.40. The molecule has 0 aliphatic carbocycles. The van der Waals surface area contributed by atoms with Crippen LogP contribution in [-0.2, 0) is 25.1 Å². The summed E-state index contributed by atoms with van der Waals surface area (Å²) in [6, 6.07) is 72.3. The van der Waals surface area contributed by atoms with Crippen molar-refractivity contribution in [3.63, 3.8) is 0 Å². The Labute approximate surface area is 766 Å². The Morgan fingerprint density at radius 3 is 0.672 bits per heavy atom. The van der Waals surface area contributed by atoms with E-state index in [1.54, 1.807) is 206 Å². The molecule has 0 radical (unpaired) electrons. The van der Waals surface area contributed by atoms with Crippen LogP contribution in [0.15, 0.2) is 267 Å². The lowest BCUT2D eigenvalue weighted by Crippen LogP contribution is -2.10. The number of hydrogen-bond acceptors (Lipinski definition) is 30. The van der Waals surface area contributed by atoms with Crippen LogP contribution in [0.5, 0.6) is 46.0 Å². The van der Waals surface area contributed by atoms with Crippen LogP contribution in [0.1, 0.15) is 62.9 Å². The minimum atomic E-state index is -4.48. The molecular weight excluding hydrogens is 1750 g/mol. The highest BCUT2D eigenvalue weighted by molar-refractivity contribution is 6.30. The number of carbonyl (C=O) groups is 5. The number of hydrogen-bond donors (Lipinski definition) is 5. The van der Waals surface area contributed by atoms with Gasteiger partial charge >= 0.3 is 30.1 Å². The first-order valence-electron chi connectivity index (χ1n) is 39.7. The van der Waals surface area contributed by atoms with Crippen LogP contribution in [0.25, 0.3) is 137 Å². The van der Waals surface area contributed by atoms with Crippen molar-refractivity contribution >= 4 is 41.4 Å². The number of rotatable bonds is 21. The summed E-state index contributed by atoms with van der Waals surface area (Å²) < 4.78 is 78.5. The zero-order valence-corrected chi connectivity index (χ0v) is 72.7. The van der Waals surface area contributed by atoms with Crippen molar-refractivity contribution < 1.29 is 95.5 Å². The van der Waals surface area contributed by atoms with Gasteiger partial charge in [0.1, 0.15) is 46.0 Å². The number of aromatic hydroxyl groups is 4. The van der Waals surface area contributed by atoms with Crippen LogP contribution in [0.4, 0.5) is 13.2 Å². The first-order chi connectivity index (χ1) is 64.6. The number of aromatic nitrogens is 12. The molecule has 35 heteroatoms. The number of primary amides is 1. The van der Waals surface area contributed by atoms with Gasteiger partial charge in [-0.2, -0.15) is 18.4 Å². The van der Waals surface area contributed by atoms with E-state index in [1.165, 1.54) is 105 Å². The summed E-state index contributed by atoms with van der Waals surface area (Å²) in [5.41, 5.74) is 13.2. The van der Waals surface area contributed by atoms with Crippen molar-refractivity contribution in [2.75, 3.05) is 56.9 Å². The van der Waals surface area contributed by atoms with E-state index < -0.39 is 41.5 Å². The Morgan fingerprint density at radius 1 is 0.291 bits per heavy atom. The smallest absolute Gasteiger partial charge is 0.416 e. The largest absolute Gasteiger partial charge is 0.507 e. The number of alkyl halides is 3. The minimum absolute atomic E-state index is 0.0235. The zero-order valence-electron chi connectivity index (χ0n) is 71.9. The molecule has 4 aromatic heterocycles. The average molecular weight is 1820 g/mol. The summed E-state index contributed by atoms with van der Waals surface area (Å²) >= 11 is 6.02. The van der Waals surface area contributed by atoms with Gasteiger partial charge < -0.3 is 64.1 Å². The number of nitriles is 1. The van der Waals surface area contributed by atoms with Crippen molar-refractivity contribution in [1.29, 1.82) is 5.26 Å². The molecule has 0 fully saturated rings. The van der Waals surface area contributed by atoms with E-state index >= 15 is 0 Å². The maximum absolute atomic E-state index is 13.0. The molecule has 134 heavy (non-hydrogen) atoms. The lowest BCUT2D eigenvalue weighted by molar-refractivity contribution is -0.137. The van der Waals surface area contributed by atoms with Gasteiger partial charge in [0.2, 0.25) is 5.91 Å². The number of nitrogens with two attached hydrogens (primary N) is 1. The molecule has 0 saturated carbocycles. The topological polar surface area (TPSA) is 445 Å². The highest BCUT2D eigenvalue weighted by atomic mass is 35.5. The van der Waals surface area contributed by atoms with Gasteiger partial charge in [0.25, 0.3) is 0 Å². The Balaban J connectivity index is 0.000000152. The van der Waals surface area contributed by atoms with E-state index in [-0.39, 0.29) is 63.5 Å². The molecule has 0 unspecified atom stereocenters. The van der Waals surface area contributed by atoms with Gasteiger partial charge in [0.05, 0.1) is 119 Å². The quantitative estimate of drug-likeness (QED) is 0.0329. The SMILES string of the molecule is COC(=O)c1ccc(-c2nc(-c3ccc(C#N)cc3)nc(-c3ccc(OC)cc3O)n2)cc1.COC(=O)c1ccc(-c2nc(-c3ccc(C(F)(F)F)cc3)nc(-c3ccc(OC)cc3O)n2)cc1.COC(=O)c1ccc(-c2nc(-c3ccc(C(N)=O)cc3)nc(-c3ccc(OC)cc3O)n2)cc1.COC(=O)c1ccc(-c2nc(-c3ccc(Cl)cc3)nc(-c3ccc(OC)cc3O)n2)cc1. The Bertz CT molecular complexity index is 7070. The van der Waals surface area contributed by atoms with Gasteiger partial charge in [-0.3, -0.25) is 4.79 Å². The predicted molar refractivity (Wildman–Crippen MR) is 486 cm³/mol. The fourth-order valence-corrected chi connectivity index (χ4v) is 12.8. The highest BCUT2D eigenvalue weighted by Gasteiger charge is 2.31. The van der Waals surface area contributed by atoms with Gasteiger partial charge in [0, 0.05) is 79.4 Å². The molecule has 0 spiro atoms. The minimum Gasteiger partial charge on any atom is -0.507 e. The Kier molecular flexibility index (Phi) is 29.5. The van der Waals surface area contributed by atoms with Gasteiger partial charge in [0.15, 0.2) is 69.9 Å². The lowest BCUT2D eigenvalue weighted by atomic mass is 10.1. The number of phenols is 4. The molecule has 6 N–H and O–H groups in total. The van der Waals surface area contributed by atoms with E-state index in [0.717, 1.165) is 17.7 Å². The number of esters is 4. The number of methoxy groups -OCH3 is 8. The third-order valence-corrected chi connectivity index (χ3v) is 20.1. The van der Waals surface area contributed by atoms with Crippen LogP contribution < -0.4 is 24.7 Å². The summed E-state index contributed by atoms with van der Waals surface area (Å²) in [5, 5.41) is 51.7. The van der Waals surface area contributed by atoms with Crippen molar-refractivity contribution in [3.8, 4) is 189 Å². The molecule has 31 nitrogen and oxygen atoms in total. The molecular formula is C99H74ClF3N14O17. The molecule has 0 saturated heterocycles. The molecule has 16 aromatic rings. The fraction of sp³-hybridized carbons (Fsp3) is 0.0909. The standard InChI is InChI=1S/C25H18F3N3O4.C25H20N4O5.C25H18N4O4.C24H18ClN3O4/c1-34-18-11-12-19(20(32)13-18)23-30-21(14-3-5-16(6-4-14)24(33)35-2)29-22(31-23)15-7-9-17(10-8-15)25(26,27)28;1-33-18-11-12-19(20(30)13-18)24-28-22(15-5-3-14(4-6-15)21(26)31)27-23(29-24)16-7-9-17(10-8-16)25(32)34-2;1-32-19-11-12-20(21(30)13-19)24-28-22(16-5-3-15(14-26)4-6-16)27-23(29-24)17-7-9-18(10-8-17)25(31)33-2;1-31-18-11-12-19(20(29)13-18)23-27-21(14-3-5-16(6-4-14)24(30)32-2)26-22(28-23)15-7-9-17(25)10-8-15/h3-13,32H,1-2H3;3-13,30H,1-2H3,(H2,26,31);3-13,30H,1-2H3;3-13,29H,1-2H3. The summed E-state index contributed by atoms with van der Waals surface area (Å²) in [6.45, 7) is 0. The van der Waals surface area contributed by atoms with Gasteiger partial charge in [-0.1, -0.05) is 84.4 Å². The molecule has 0 bridgehead atoms. The molecule has 0 atom stereocenters. The third-order valence-electron chi connectivity index (χ3n) is 19.9. The number of benzene rings is 12. The van der Waals surface area contributed by atoms with Gasteiger partial charge in [-0.25, -0.2) is 79.0 Å². The lowest BCUT2D eigenvalue weighted by Gasteiger charge is -2.11. The molecule has 0 aliphatic heterocycles. The fourth-order valence-electron chi connectivity index (χ4n) is 12.7. The number of ether oxygens (including phenoxy) is 8. The van der Waals surface area contributed by atoms with Gasteiger partial charge in [-0.05, 0) is 170 Å². The summed E-state index contributed by atoms with van der Waals surface area (Å²) in [5.74, 6) is 2.57. The van der Waals surface area contributed by atoms with E-state index in [1.807, 2.05) is 0 Å². The van der Waals surface area contributed by atoms with Crippen LogP contribution in [-0.4, -0.2) is 167 Å². The monoisotopic (exact) mass is 1820 g/mol. The first-order valence-corrected chi connectivity index (χ1v) is 40.1. The number of phenolic OH excluding ortho intramolecular Hbond substituents is 4. The number of halogens is 4. The van der Waals surface area contributed by atoms with Gasteiger partial charge in [-0.15, -0.1) is 0 Å². The second-order valence-corrected chi connectivity index (χ2v) is 28.7. The second-order valence-electron chi connectivity index (χ2n) is 28.2. The van der Waals surface area contributed by atoms with E-state index in [0.29, 0.717) is 152 Å². The van der Waals surface area contributed by atoms with Crippen LogP contribution in [0.2, 0.25) is 5.02 Å². The third kappa shape index (κ3) is 22.6. The summed E-state index contributed by atoms with van der Waals surface area (Å²) in [6.07, 6.45) is -4.48. The molecule has 670 valence electrons. The second kappa shape index (κ2) is 42.3. The van der Waals surface area contributed by atoms with Crippen LogP contribution >= 0.6 is 11.6 Å². The molecule has 12 aromatic carbocycles. The number of carbonyl (C=O) groups excluding carboxylic acids is 5. The van der Waals surface area contributed by atoms with Crippen LogP contribution in [0, 0.1) is 11.3 Å². The molecule has 1 amide bonds. The molecule has 4 heterocycles. The molecule has 0 aliphatic rings. The Hall–Kier alpha value is -18.0. The number of amides is 1. The first kappa shape index (κ1) is 93.6. The van der Waals surface area contributed by atoms with Crippen LogP contribution in [0.3, 0.4) is 0 Å².